The first kappa shape index (κ1) is 11.4. The molecule has 0 radical (unpaired) electrons. The summed E-state index contributed by atoms with van der Waals surface area (Å²) in [5.74, 6) is -0.981. The van der Waals surface area contributed by atoms with Gasteiger partial charge in [-0.3, -0.25) is 0 Å². The molecule has 0 bridgehead atoms. The van der Waals surface area contributed by atoms with Crippen LogP contribution < -0.4 is 0 Å². The summed E-state index contributed by atoms with van der Waals surface area (Å²) >= 11 is 0. The van der Waals surface area contributed by atoms with E-state index in [0.29, 0.717) is 6.61 Å². The van der Waals surface area contributed by atoms with Gasteiger partial charge in [-0.1, -0.05) is 6.58 Å². The van der Waals surface area contributed by atoms with E-state index in [1.54, 1.807) is 0 Å². The highest BCUT2D eigenvalue weighted by molar-refractivity contribution is 5.78. The van der Waals surface area contributed by atoms with Gasteiger partial charge in [-0.25, -0.2) is 9.59 Å². The normalized spacial score (nSPS) is 17.7. The third-order valence-electron chi connectivity index (χ3n) is 0.970. The van der Waals surface area contributed by atoms with Crippen molar-refractivity contribution < 1.29 is 29.3 Å². The summed E-state index contributed by atoms with van der Waals surface area (Å²) in [7, 11) is 0. The lowest BCUT2D eigenvalue weighted by molar-refractivity contribution is -0.131. The molecule has 1 aliphatic rings. The zero-order valence-electron chi connectivity index (χ0n) is 6.80. The Balaban J connectivity index is 0.000000252. The Morgan fingerprint density at radius 2 is 2.08 bits per heavy atom. The Morgan fingerprint density at radius 1 is 1.62 bits per heavy atom. The third-order valence-corrected chi connectivity index (χ3v) is 0.970. The molecule has 1 heterocycles. The van der Waals surface area contributed by atoms with E-state index < -0.39 is 12.1 Å². The number of carboxylic acid groups (broad SMARTS) is 2. The lowest BCUT2D eigenvalue weighted by Crippen LogP contribution is -2.06. The molecule has 13 heavy (non-hydrogen) atoms. The van der Waals surface area contributed by atoms with Crippen molar-refractivity contribution in [3.8, 4) is 0 Å². The highest BCUT2D eigenvalue weighted by Gasteiger charge is 2.23. The zero-order valence-corrected chi connectivity index (χ0v) is 6.80. The topological polar surface area (TPSA) is 96.4 Å². The fraction of sp³-hybridized carbons (Fsp3) is 0.429. The Bertz CT molecular complexity index is 195. The number of hydrogen-bond donors (Lipinski definition) is 2. The Morgan fingerprint density at radius 3 is 2.31 bits per heavy atom. The molecule has 0 aromatic heterocycles. The molecule has 0 aromatic carbocycles. The molecule has 1 rings (SSSR count). The highest BCUT2D eigenvalue weighted by atomic mass is 16.7. The van der Waals surface area contributed by atoms with Gasteiger partial charge in [0.25, 0.3) is 0 Å². The molecular formula is C7H10O6. The molecule has 6 heteroatoms. The molecule has 74 valence electrons. The first-order valence-electron chi connectivity index (χ1n) is 3.39. The van der Waals surface area contributed by atoms with E-state index >= 15 is 0 Å². The van der Waals surface area contributed by atoms with Crippen LogP contribution in [0.1, 0.15) is 0 Å². The SMILES string of the molecule is C=CC(=O)O.O=C(O)OCC1CO1. The zero-order chi connectivity index (χ0) is 10.3. The summed E-state index contributed by atoms with van der Waals surface area (Å²) in [6, 6.07) is 0. The van der Waals surface area contributed by atoms with E-state index in [9.17, 15) is 9.59 Å². The average Bonchev–Trinajstić information content (AvgIpc) is 2.85. The molecule has 1 unspecified atom stereocenters. The number of hydrogen-bond acceptors (Lipinski definition) is 4. The fourth-order valence-corrected chi connectivity index (χ4v) is 0.329. The minimum Gasteiger partial charge on any atom is -0.478 e. The van der Waals surface area contributed by atoms with Crippen LogP contribution in [-0.4, -0.2) is 41.7 Å². The fourth-order valence-electron chi connectivity index (χ4n) is 0.329. The van der Waals surface area contributed by atoms with Gasteiger partial charge in [-0.15, -0.1) is 0 Å². The molecule has 1 atom stereocenters. The first-order chi connectivity index (χ1) is 6.06. The van der Waals surface area contributed by atoms with Crippen molar-refractivity contribution in [3.63, 3.8) is 0 Å². The standard InChI is InChI=1S/C4H6O4.C3H4O2/c5-4(6)8-2-3-1-7-3;1-2-3(4)5/h3H,1-2H2,(H,5,6);2H,1H2,(H,4,5). The minimum absolute atomic E-state index is 0.0334. The molecule has 2 N–H and O–H groups in total. The lowest BCUT2D eigenvalue weighted by Gasteiger charge is -1.91. The number of epoxide rings is 1. The molecule has 6 nitrogen and oxygen atoms in total. The summed E-state index contributed by atoms with van der Waals surface area (Å²) in [5, 5.41) is 15.5. The van der Waals surface area contributed by atoms with Gasteiger partial charge in [0.05, 0.1) is 6.61 Å². The van der Waals surface area contributed by atoms with Gasteiger partial charge in [0.1, 0.15) is 12.7 Å². The number of carboxylic acids is 1. The smallest absolute Gasteiger partial charge is 0.478 e. The van der Waals surface area contributed by atoms with Crippen LogP contribution in [0.5, 0.6) is 0 Å². The van der Waals surface area contributed by atoms with Crippen LogP contribution in [0.25, 0.3) is 0 Å². The number of carbonyl (C=O) groups is 2. The van der Waals surface area contributed by atoms with E-state index in [1.165, 1.54) is 0 Å². The third kappa shape index (κ3) is 10.4. The van der Waals surface area contributed by atoms with E-state index in [0.717, 1.165) is 6.08 Å². The Kier molecular flexibility index (Phi) is 5.29. The summed E-state index contributed by atoms with van der Waals surface area (Å²) < 4.78 is 8.83. The summed E-state index contributed by atoms with van der Waals surface area (Å²) in [6.07, 6.45) is -0.369. The highest BCUT2D eigenvalue weighted by Crippen LogP contribution is 2.07. The predicted octanol–water partition coefficient (Wildman–Crippen LogP) is 0.337. The van der Waals surface area contributed by atoms with E-state index in [-0.39, 0.29) is 12.7 Å². The number of aliphatic carboxylic acids is 1. The molecule has 0 aliphatic carbocycles. The van der Waals surface area contributed by atoms with Crippen LogP contribution >= 0.6 is 0 Å². The minimum atomic E-state index is -1.24. The molecule has 0 aromatic rings. The molecule has 1 aliphatic heterocycles. The largest absolute Gasteiger partial charge is 0.505 e. The maximum Gasteiger partial charge on any atom is 0.505 e. The quantitative estimate of drug-likeness (QED) is 0.378. The molecule has 0 spiro atoms. The van der Waals surface area contributed by atoms with E-state index in [1.807, 2.05) is 0 Å². The maximum absolute atomic E-state index is 9.65. The van der Waals surface area contributed by atoms with Crippen molar-refractivity contribution >= 4 is 12.1 Å². The van der Waals surface area contributed by atoms with Crippen molar-refractivity contribution in [2.75, 3.05) is 13.2 Å². The number of ether oxygens (including phenoxy) is 2. The van der Waals surface area contributed by atoms with Gasteiger partial charge < -0.3 is 19.7 Å². The second-order valence-electron chi connectivity index (χ2n) is 2.07. The van der Waals surface area contributed by atoms with Gasteiger partial charge in [0.2, 0.25) is 0 Å². The number of rotatable bonds is 3. The van der Waals surface area contributed by atoms with Crippen LogP contribution in [0.15, 0.2) is 12.7 Å². The Labute approximate surface area is 74.4 Å². The summed E-state index contributed by atoms with van der Waals surface area (Å²) in [6.45, 7) is 3.77. The molecule has 0 amide bonds. The van der Waals surface area contributed by atoms with Gasteiger partial charge in [0.15, 0.2) is 0 Å². The Hall–Kier alpha value is -1.56. The van der Waals surface area contributed by atoms with Crippen molar-refractivity contribution in [3.05, 3.63) is 12.7 Å². The lowest BCUT2D eigenvalue weighted by atomic mass is 10.5. The van der Waals surface area contributed by atoms with Gasteiger partial charge in [-0.05, 0) is 0 Å². The molecular weight excluding hydrogens is 180 g/mol. The van der Waals surface area contributed by atoms with Crippen LogP contribution in [-0.2, 0) is 14.3 Å². The van der Waals surface area contributed by atoms with Crippen LogP contribution in [0.4, 0.5) is 4.79 Å². The molecule has 1 fully saturated rings. The van der Waals surface area contributed by atoms with Gasteiger partial charge in [0, 0.05) is 6.08 Å². The average molecular weight is 190 g/mol. The maximum atomic E-state index is 9.65. The van der Waals surface area contributed by atoms with Gasteiger partial charge >= 0.3 is 12.1 Å². The predicted molar refractivity (Wildman–Crippen MR) is 41.5 cm³/mol. The summed E-state index contributed by atoms with van der Waals surface area (Å²) in [5.41, 5.74) is 0. The second-order valence-corrected chi connectivity index (χ2v) is 2.07. The van der Waals surface area contributed by atoms with Crippen LogP contribution in [0, 0.1) is 0 Å². The van der Waals surface area contributed by atoms with Crippen molar-refractivity contribution in [2.24, 2.45) is 0 Å². The monoisotopic (exact) mass is 190 g/mol. The van der Waals surface area contributed by atoms with E-state index in [4.69, 9.17) is 10.2 Å². The first-order valence-corrected chi connectivity index (χ1v) is 3.39. The molecule has 0 saturated carbocycles. The van der Waals surface area contributed by atoms with Crippen molar-refractivity contribution in [2.45, 2.75) is 6.10 Å². The second kappa shape index (κ2) is 6.01. The van der Waals surface area contributed by atoms with Gasteiger partial charge in [-0.2, -0.15) is 0 Å². The van der Waals surface area contributed by atoms with E-state index in [2.05, 4.69) is 16.1 Å². The van der Waals surface area contributed by atoms with Crippen molar-refractivity contribution in [1.29, 1.82) is 0 Å². The summed E-state index contributed by atoms with van der Waals surface area (Å²) in [4.78, 5) is 18.9. The molecule has 1 saturated heterocycles. The van der Waals surface area contributed by atoms with Crippen LogP contribution in [0.3, 0.4) is 0 Å². The van der Waals surface area contributed by atoms with Crippen LogP contribution in [0.2, 0.25) is 0 Å². The van der Waals surface area contributed by atoms with Crippen molar-refractivity contribution in [1.82, 2.24) is 0 Å².